The third kappa shape index (κ3) is 4.20. The van der Waals surface area contributed by atoms with Gasteiger partial charge in [-0.1, -0.05) is 6.07 Å². The largest absolute Gasteiger partial charge is 0.263 e. The number of rotatable bonds is 5. The molecule has 0 saturated heterocycles. The van der Waals surface area contributed by atoms with E-state index in [0.717, 1.165) is 23.5 Å². The fraction of sp³-hybridized carbons (Fsp3) is 0.0625. The lowest BCUT2D eigenvalue weighted by atomic mass is 10.1. The third-order valence-electron chi connectivity index (χ3n) is 3.28. The zero-order valence-electron chi connectivity index (χ0n) is 12.8. The van der Waals surface area contributed by atoms with E-state index in [4.69, 9.17) is 0 Å². The Hall–Kier alpha value is -2.46. The minimum absolute atomic E-state index is 0.0211. The summed E-state index contributed by atoms with van der Waals surface area (Å²) < 4.78 is 79.1. The van der Waals surface area contributed by atoms with Gasteiger partial charge in [0.1, 0.15) is 11.6 Å². The lowest BCUT2D eigenvalue weighted by Gasteiger charge is -2.05. The van der Waals surface area contributed by atoms with Crippen LogP contribution in [-0.2, 0) is 16.4 Å². The molecule has 1 heterocycles. The maximum atomic E-state index is 13.2. The van der Waals surface area contributed by atoms with E-state index in [1.54, 1.807) is 0 Å². The highest BCUT2D eigenvalue weighted by atomic mass is 32.2. The van der Waals surface area contributed by atoms with Gasteiger partial charge in [-0.25, -0.2) is 31.0 Å². The second-order valence-electron chi connectivity index (χ2n) is 5.27. The molecular formula is C16H10F4N2O2S2. The molecule has 1 N–H and O–H groups in total. The standard InChI is InChI=1S/C16H10F4N2O2S2/c17-10-5-11(18)7-13(6-10)26(23,24)22-16-21-8-12(25-16)3-9-1-2-14(19)15(20)4-9/h1-2,4-8H,3H2,(H,21,22). The van der Waals surface area contributed by atoms with Crippen molar-refractivity contribution in [3.63, 3.8) is 0 Å². The van der Waals surface area contributed by atoms with Crippen LogP contribution in [0.1, 0.15) is 10.4 Å². The quantitative estimate of drug-likeness (QED) is 0.654. The number of thiazole rings is 1. The summed E-state index contributed by atoms with van der Waals surface area (Å²) in [6.45, 7) is 0. The molecule has 0 bridgehead atoms. The number of nitrogens with zero attached hydrogens (tertiary/aromatic N) is 1. The number of nitrogens with one attached hydrogen (secondary N) is 1. The topological polar surface area (TPSA) is 59.1 Å². The molecule has 3 rings (SSSR count). The van der Waals surface area contributed by atoms with E-state index in [1.807, 2.05) is 0 Å². The molecule has 0 aliphatic rings. The molecule has 0 aliphatic carbocycles. The first-order valence-electron chi connectivity index (χ1n) is 7.10. The normalized spacial score (nSPS) is 11.5. The van der Waals surface area contributed by atoms with Crippen molar-refractivity contribution in [3.05, 3.63) is 76.3 Å². The maximum absolute atomic E-state index is 13.2. The van der Waals surface area contributed by atoms with Gasteiger partial charge in [-0.05, 0) is 29.8 Å². The van der Waals surface area contributed by atoms with Gasteiger partial charge in [0, 0.05) is 23.6 Å². The molecule has 4 nitrogen and oxygen atoms in total. The van der Waals surface area contributed by atoms with E-state index in [2.05, 4.69) is 9.71 Å². The van der Waals surface area contributed by atoms with Crippen LogP contribution in [-0.4, -0.2) is 13.4 Å². The molecule has 0 saturated carbocycles. The van der Waals surface area contributed by atoms with Gasteiger partial charge in [-0.2, -0.15) is 0 Å². The molecule has 26 heavy (non-hydrogen) atoms. The maximum Gasteiger partial charge on any atom is 0.263 e. The smallest absolute Gasteiger partial charge is 0.255 e. The molecule has 136 valence electrons. The monoisotopic (exact) mass is 402 g/mol. The molecule has 0 unspecified atom stereocenters. The van der Waals surface area contributed by atoms with Crippen molar-refractivity contribution in [2.24, 2.45) is 0 Å². The lowest BCUT2D eigenvalue weighted by Crippen LogP contribution is -2.13. The predicted molar refractivity (Wildman–Crippen MR) is 88.4 cm³/mol. The molecule has 10 heteroatoms. The molecule has 0 fully saturated rings. The van der Waals surface area contributed by atoms with Crippen LogP contribution in [0, 0.1) is 23.3 Å². The Balaban J connectivity index is 1.78. The lowest BCUT2D eigenvalue weighted by molar-refractivity contribution is 0.507. The van der Waals surface area contributed by atoms with Crippen LogP contribution in [0.15, 0.2) is 47.5 Å². The number of halogens is 4. The van der Waals surface area contributed by atoms with Crippen LogP contribution in [0.25, 0.3) is 0 Å². The van der Waals surface area contributed by atoms with E-state index in [0.29, 0.717) is 28.6 Å². The Morgan fingerprint density at radius 1 is 0.962 bits per heavy atom. The summed E-state index contributed by atoms with van der Waals surface area (Å²) in [5.74, 6) is -4.00. The molecule has 2 aromatic carbocycles. The average Bonchev–Trinajstić information content (AvgIpc) is 2.96. The highest BCUT2D eigenvalue weighted by Crippen LogP contribution is 2.25. The van der Waals surface area contributed by atoms with Crippen molar-refractivity contribution in [2.45, 2.75) is 11.3 Å². The molecular weight excluding hydrogens is 392 g/mol. The number of hydrogen-bond donors (Lipinski definition) is 1. The summed E-state index contributed by atoms with van der Waals surface area (Å²) in [6, 6.07) is 5.35. The molecule has 1 aromatic heterocycles. The molecule has 0 spiro atoms. The Morgan fingerprint density at radius 2 is 1.65 bits per heavy atom. The Labute approximate surface area is 150 Å². The van der Waals surface area contributed by atoms with Crippen molar-refractivity contribution in [1.82, 2.24) is 4.98 Å². The number of benzene rings is 2. The van der Waals surface area contributed by atoms with Gasteiger partial charge in [0.25, 0.3) is 10.0 Å². The van der Waals surface area contributed by atoms with Crippen molar-refractivity contribution >= 4 is 26.5 Å². The fourth-order valence-electron chi connectivity index (χ4n) is 2.14. The number of anilines is 1. The van der Waals surface area contributed by atoms with E-state index in [9.17, 15) is 26.0 Å². The van der Waals surface area contributed by atoms with Gasteiger partial charge in [0.05, 0.1) is 4.90 Å². The summed E-state index contributed by atoms with van der Waals surface area (Å²) in [5, 5.41) is -0.0211. The molecule has 0 amide bonds. The van der Waals surface area contributed by atoms with Gasteiger partial charge < -0.3 is 0 Å². The van der Waals surface area contributed by atoms with Crippen LogP contribution < -0.4 is 4.72 Å². The minimum atomic E-state index is -4.22. The van der Waals surface area contributed by atoms with Crippen LogP contribution in [0.4, 0.5) is 22.7 Å². The van der Waals surface area contributed by atoms with Crippen molar-refractivity contribution in [1.29, 1.82) is 0 Å². The van der Waals surface area contributed by atoms with Gasteiger partial charge in [0.2, 0.25) is 0 Å². The summed E-state index contributed by atoms with van der Waals surface area (Å²) in [5.41, 5.74) is 0.481. The van der Waals surface area contributed by atoms with E-state index < -0.39 is 38.2 Å². The number of sulfonamides is 1. The van der Waals surface area contributed by atoms with Crippen molar-refractivity contribution < 1.29 is 26.0 Å². The summed E-state index contributed by atoms with van der Waals surface area (Å²) in [6.07, 6.45) is 1.58. The van der Waals surface area contributed by atoms with Crippen LogP contribution >= 0.6 is 11.3 Å². The predicted octanol–water partition coefficient (Wildman–Crippen LogP) is 4.09. The molecule has 0 aliphatic heterocycles. The zero-order valence-corrected chi connectivity index (χ0v) is 14.5. The van der Waals surface area contributed by atoms with Gasteiger partial charge in [-0.3, -0.25) is 4.72 Å². The second-order valence-corrected chi connectivity index (χ2v) is 8.07. The average molecular weight is 402 g/mol. The SMILES string of the molecule is O=S(=O)(Nc1ncc(Cc2ccc(F)c(F)c2)s1)c1cc(F)cc(F)c1. The first kappa shape index (κ1) is 18.3. The van der Waals surface area contributed by atoms with Crippen LogP contribution in [0.5, 0.6) is 0 Å². The third-order valence-corrected chi connectivity index (χ3v) is 5.64. The van der Waals surface area contributed by atoms with Gasteiger partial charge >= 0.3 is 0 Å². The minimum Gasteiger partial charge on any atom is -0.255 e. The highest BCUT2D eigenvalue weighted by Gasteiger charge is 2.18. The van der Waals surface area contributed by atoms with E-state index >= 15 is 0 Å². The van der Waals surface area contributed by atoms with Gasteiger partial charge in [0.15, 0.2) is 16.8 Å². The highest BCUT2D eigenvalue weighted by molar-refractivity contribution is 7.93. The van der Waals surface area contributed by atoms with Crippen LogP contribution in [0.3, 0.4) is 0 Å². The molecule has 3 aromatic rings. The Morgan fingerprint density at radius 3 is 2.31 bits per heavy atom. The summed E-state index contributed by atoms with van der Waals surface area (Å²) in [4.78, 5) is 3.89. The van der Waals surface area contributed by atoms with Crippen molar-refractivity contribution in [2.75, 3.05) is 4.72 Å². The summed E-state index contributed by atoms with van der Waals surface area (Å²) >= 11 is 0.963. The first-order chi connectivity index (χ1) is 12.2. The number of hydrogen-bond acceptors (Lipinski definition) is 4. The second kappa shape index (κ2) is 7.04. The van der Waals surface area contributed by atoms with E-state index in [1.165, 1.54) is 12.3 Å². The summed E-state index contributed by atoms with van der Waals surface area (Å²) in [7, 11) is -4.22. The van der Waals surface area contributed by atoms with Crippen LogP contribution in [0.2, 0.25) is 0 Å². The Kier molecular flexibility index (Phi) is 4.97. The van der Waals surface area contributed by atoms with E-state index in [-0.39, 0.29) is 11.6 Å². The van der Waals surface area contributed by atoms with Gasteiger partial charge in [-0.15, -0.1) is 11.3 Å². The number of aromatic nitrogens is 1. The zero-order chi connectivity index (χ0) is 18.9. The van der Waals surface area contributed by atoms with Crippen molar-refractivity contribution in [3.8, 4) is 0 Å². The molecule has 0 atom stereocenters. The molecule has 0 radical (unpaired) electrons. The first-order valence-corrected chi connectivity index (χ1v) is 9.40. The Bertz CT molecular complexity index is 1050. The fourth-order valence-corrected chi connectivity index (χ4v) is 4.27.